The van der Waals surface area contributed by atoms with Crippen molar-refractivity contribution >= 4 is 16.8 Å². The Hall–Kier alpha value is -0.820. The van der Waals surface area contributed by atoms with Crippen LogP contribution in [0.4, 0.5) is 0 Å². The summed E-state index contributed by atoms with van der Waals surface area (Å²) in [6.45, 7) is 8.34. The predicted molar refractivity (Wildman–Crippen MR) is 69.0 cm³/mol. The third-order valence-electron chi connectivity index (χ3n) is 2.87. The van der Waals surface area contributed by atoms with Crippen LogP contribution in [0.15, 0.2) is 24.3 Å². The molecule has 0 saturated heterocycles. The molecule has 0 N–H and O–H groups in total. The van der Waals surface area contributed by atoms with Crippen molar-refractivity contribution in [3.8, 4) is 0 Å². The minimum atomic E-state index is -0.271. The maximum atomic E-state index is 11.4. The Kier molecular flexibility index (Phi) is 4.55. The van der Waals surface area contributed by atoms with Gasteiger partial charge in [0.25, 0.3) is 0 Å². The van der Waals surface area contributed by atoms with Crippen molar-refractivity contribution in [3.05, 3.63) is 35.4 Å². The summed E-state index contributed by atoms with van der Waals surface area (Å²) in [5, 5.41) is -0.271. The molecule has 0 heterocycles. The first kappa shape index (κ1) is 13.2. The average Bonchev–Trinajstić information content (AvgIpc) is 2.17. The van der Waals surface area contributed by atoms with Crippen molar-refractivity contribution in [1.29, 1.82) is 0 Å². The van der Waals surface area contributed by atoms with Crippen LogP contribution in [0.5, 0.6) is 0 Å². The Morgan fingerprint density at radius 1 is 1.00 bits per heavy atom. The molecule has 0 aliphatic carbocycles. The summed E-state index contributed by atoms with van der Waals surface area (Å²) in [6.07, 6.45) is 0. The number of carbonyl (C=O) groups excluding carboxylic acids is 1. The summed E-state index contributed by atoms with van der Waals surface area (Å²) in [6, 6.07) is 8.19. The molecule has 1 rings (SSSR count). The summed E-state index contributed by atoms with van der Waals surface area (Å²) in [4.78, 5) is 11.4. The van der Waals surface area contributed by atoms with Crippen molar-refractivity contribution in [3.63, 3.8) is 0 Å². The van der Waals surface area contributed by atoms with Crippen LogP contribution >= 0.6 is 11.6 Å². The van der Waals surface area contributed by atoms with Crippen LogP contribution in [0.25, 0.3) is 0 Å². The monoisotopic (exact) mass is 238 g/mol. The Bertz CT molecular complexity index is 352. The van der Waals surface area contributed by atoms with Crippen molar-refractivity contribution in [2.75, 3.05) is 0 Å². The van der Waals surface area contributed by atoms with Gasteiger partial charge in [-0.1, -0.05) is 52.0 Å². The standard InChI is InChI=1S/C14H19ClO/c1-9(2)11-5-7-12(8-6-11)13(10(3)4)14(15)16/h5-10,13H,1-4H3. The second-order valence-corrected chi connectivity index (χ2v) is 5.22. The summed E-state index contributed by atoms with van der Waals surface area (Å²) >= 11 is 5.64. The van der Waals surface area contributed by atoms with Gasteiger partial charge in [-0.15, -0.1) is 0 Å². The number of hydrogen-bond acceptors (Lipinski definition) is 1. The first-order valence-corrected chi connectivity index (χ1v) is 6.10. The molecule has 0 radical (unpaired) electrons. The SMILES string of the molecule is CC(C)c1ccc(C(C(=O)Cl)C(C)C)cc1. The Labute approximate surface area is 103 Å². The van der Waals surface area contributed by atoms with Gasteiger partial charge >= 0.3 is 0 Å². The molecule has 1 nitrogen and oxygen atoms in total. The molecule has 0 bridgehead atoms. The molecule has 2 heteroatoms. The Balaban J connectivity index is 2.99. The van der Waals surface area contributed by atoms with Crippen LogP contribution < -0.4 is 0 Å². The molecule has 0 saturated carbocycles. The van der Waals surface area contributed by atoms with Gasteiger partial charge in [-0.2, -0.15) is 0 Å². The van der Waals surface area contributed by atoms with Crippen molar-refractivity contribution in [2.24, 2.45) is 5.92 Å². The van der Waals surface area contributed by atoms with E-state index >= 15 is 0 Å². The Morgan fingerprint density at radius 2 is 1.44 bits per heavy atom. The Morgan fingerprint density at radius 3 is 1.75 bits per heavy atom. The van der Waals surface area contributed by atoms with E-state index in [1.807, 2.05) is 26.0 Å². The fourth-order valence-electron chi connectivity index (χ4n) is 1.87. The summed E-state index contributed by atoms with van der Waals surface area (Å²) in [5.74, 6) is 0.552. The molecule has 1 aromatic carbocycles. The van der Waals surface area contributed by atoms with Crippen LogP contribution in [0.3, 0.4) is 0 Å². The van der Waals surface area contributed by atoms with Crippen LogP contribution in [-0.4, -0.2) is 5.24 Å². The smallest absolute Gasteiger partial charge is 0.229 e. The van der Waals surface area contributed by atoms with E-state index in [2.05, 4.69) is 26.0 Å². The molecule has 1 atom stereocenters. The third kappa shape index (κ3) is 3.08. The van der Waals surface area contributed by atoms with Crippen LogP contribution in [0, 0.1) is 5.92 Å². The van der Waals surface area contributed by atoms with E-state index in [9.17, 15) is 4.79 Å². The summed E-state index contributed by atoms with van der Waals surface area (Å²) in [7, 11) is 0. The van der Waals surface area contributed by atoms with E-state index in [1.54, 1.807) is 0 Å². The zero-order valence-corrected chi connectivity index (χ0v) is 11.1. The van der Waals surface area contributed by atoms with Crippen LogP contribution in [0.2, 0.25) is 0 Å². The minimum Gasteiger partial charge on any atom is -0.281 e. The van der Waals surface area contributed by atoms with Crippen molar-refractivity contribution in [1.82, 2.24) is 0 Å². The minimum absolute atomic E-state index is 0.192. The second kappa shape index (κ2) is 5.49. The van der Waals surface area contributed by atoms with Gasteiger partial charge in [0, 0.05) is 0 Å². The molecular weight excluding hydrogens is 220 g/mol. The molecule has 0 fully saturated rings. The highest BCUT2D eigenvalue weighted by molar-refractivity contribution is 6.64. The van der Waals surface area contributed by atoms with Gasteiger partial charge in [0.1, 0.15) is 0 Å². The van der Waals surface area contributed by atoms with E-state index in [1.165, 1.54) is 5.56 Å². The lowest BCUT2D eigenvalue weighted by atomic mass is 9.88. The van der Waals surface area contributed by atoms with E-state index in [0.29, 0.717) is 5.92 Å². The maximum absolute atomic E-state index is 11.4. The number of rotatable bonds is 4. The van der Waals surface area contributed by atoms with E-state index < -0.39 is 0 Å². The number of carbonyl (C=O) groups is 1. The normalized spacial score (nSPS) is 13.2. The molecule has 0 aliphatic rings. The number of halogens is 1. The quantitative estimate of drug-likeness (QED) is 0.715. The van der Waals surface area contributed by atoms with E-state index in [4.69, 9.17) is 11.6 Å². The first-order valence-electron chi connectivity index (χ1n) is 5.72. The fraction of sp³-hybridized carbons (Fsp3) is 0.500. The summed E-state index contributed by atoms with van der Waals surface area (Å²) in [5.41, 5.74) is 2.30. The van der Waals surface area contributed by atoms with Crippen molar-refractivity contribution in [2.45, 2.75) is 39.5 Å². The fourth-order valence-corrected chi connectivity index (χ4v) is 2.24. The maximum Gasteiger partial charge on any atom is 0.229 e. The van der Waals surface area contributed by atoms with Gasteiger partial charge in [0.05, 0.1) is 5.92 Å². The first-order chi connectivity index (χ1) is 7.43. The lowest BCUT2D eigenvalue weighted by molar-refractivity contribution is -0.113. The molecular formula is C14H19ClO. The average molecular weight is 239 g/mol. The van der Waals surface area contributed by atoms with Crippen molar-refractivity contribution < 1.29 is 4.79 Å². The van der Waals surface area contributed by atoms with Gasteiger partial charge in [-0.25, -0.2) is 0 Å². The molecule has 0 spiro atoms. The van der Waals surface area contributed by atoms with E-state index in [-0.39, 0.29) is 17.1 Å². The van der Waals surface area contributed by atoms with Gasteiger partial charge in [0.15, 0.2) is 0 Å². The lowest BCUT2D eigenvalue weighted by Crippen LogP contribution is -2.13. The molecule has 16 heavy (non-hydrogen) atoms. The van der Waals surface area contributed by atoms with Gasteiger partial charge in [0.2, 0.25) is 5.24 Å². The topological polar surface area (TPSA) is 17.1 Å². The highest BCUT2D eigenvalue weighted by Crippen LogP contribution is 2.28. The van der Waals surface area contributed by atoms with Gasteiger partial charge in [-0.3, -0.25) is 4.79 Å². The predicted octanol–water partition coefficient (Wildman–Crippen LogP) is 4.32. The summed E-state index contributed by atoms with van der Waals surface area (Å²) < 4.78 is 0. The third-order valence-corrected chi connectivity index (χ3v) is 3.11. The number of benzene rings is 1. The molecule has 88 valence electrons. The largest absolute Gasteiger partial charge is 0.281 e. The van der Waals surface area contributed by atoms with Crippen LogP contribution in [0.1, 0.15) is 50.7 Å². The van der Waals surface area contributed by atoms with Gasteiger partial charge in [-0.05, 0) is 34.6 Å². The molecule has 0 aliphatic heterocycles. The lowest BCUT2D eigenvalue weighted by Gasteiger charge is -2.17. The highest BCUT2D eigenvalue weighted by atomic mass is 35.5. The molecule has 0 aromatic heterocycles. The second-order valence-electron chi connectivity index (χ2n) is 4.85. The molecule has 1 aromatic rings. The van der Waals surface area contributed by atoms with E-state index in [0.717, 1.165) is 5.56 Å². The highest BCUT2D eigenvalue weighted by Gasteiger charge is 2.22. The zero-order valence-electron chi connectivity index (χ0n) is 10.3. The molecule has 0 amide bonds. The number of hydrogen-bond donors (Lipinski definition) is 0. The van der Waals surface area contributed by atoms with Crippen LogP contribution in [-0.2, 0) is 4.79 Å². The molecule has 1 unspecified atom stereocenters. The van der Waals surface area contributed by atoms with Gasteiger partial charge < -0.3 is 0 Å². The zero-order chi connectivity index (χ0) is 12.3.